The van der Waals surface area contributed by atoms with Gasteiger partial charge in [-0.15, -0.1) is 0 Å². The van der Waals surface area contributed by atoms with Crippen LogP contribution in [0.4, 0.5) is 5.69 Å². The van der Waals surface area contributed by atoms with Gasteiger partial charge in [0.1, 0.15) is 0 Å². The second kappa shape index (κ2) is 6.69. The molecule has 0 bridgehead atoms. The van der Waals surface area contributed by atoms with E-state index in [1.165, 1.54) is 49.6 Å². The molecule has 0 atom stereocenters. The summed E-state index contributed by atoms with van der Waals surface area (Å²) in [4.78, 5) is 11.7. The summed E-state index contributed by atoms with van der Waals surface area (Å²) < 4.78 is 31.7. The first-order valence-electron chi connectivity index (χ1n) is 6.28. The van der Waals surface area contributed by atoms with Crippen molar-refractivity contribution < 1.29 is 17.9 Å². The van der Waals surface area contributed by atoms with Gasteiger partial charge < -0.3 is 4.74 Å². The number of nitriles is 1. The van der Waals surface area contributed by atoms with Crippen LogP contribution in [-0.2, 0) is 14.8 Å². The first-order chi connectivity index (χ1) is 10.9. The largest absolute Gasteiger partial charge is 0.465 e. The number of benzene rings is 2. The van der Waals surface area contributed by atoms with Crippen molar-refractivity contribution in [3.8, 4) is 6.07 Å². The first-order valence-corrected chi connectivity index (χ1v) is 8.14. The Morgan fingerprint density at radius 2 is 1.87 bits per heavy atom. The van der Waals surface area contributed by atoms with Crippen molar-refractivity contribution >= 4 is 33.3 Å². The van der Waals surface area contributed by atoms with Crippen molar-refractivity contribution in [3.05, 3.63) is 58.6 Å². The molecule has 118 valence electrons. The first kappa shape index (κ1) is 16.8. The lowest BCUT2D eigenvalue weighted by Gasteiger charge is -2.12. The number of hydrogen-bond donors (Lipinski definition) is 1. The lowest BCUT2D eigenvalue weighted by atomic mass is 10.2. The number of methoxy groups -OCH3 is 1. The van der Waals surface area contributed by atoms with E-state index in [0.29, 0.717) is 5.56 Å². The zero-order chi connectivity index (χ0) is 17.0. The Morgan fingerprint density at radius 1 is 1.22 bits per heavy atom. The minimum Gasteiger partial charge on any atom is -0.465 e. The van der Waals surface area contributed by atoms with Crippen LogP contribution in [0.3, 0.4) is 0 Å². The van der Waals surface area contributed by atoms with E-state index >= 15 is 0 Å². The molecule has 0 spiro atoms. The number of ether oxygens (including phenoxy) is 1. The summed E-state index contributed by atoms with van der Waals surface area (Å²) in [5, 5.41) is 9.00. The van der Waals surface area contributed by atoms with Crippen molar-refractivity contribution in [2.45, 2.75) is 4.90 Å². The number of esters is 1. The van der Waals surface area contributed by atoms with Crippen LogP contribution in [-0.4, -0.2) is 21.5 Å². The lowest BCUT2D eigenvalue weighted by molar-refractivity contribution is 0.0602. The third-order valence-electron chi connectivity index (χ3n) is 2.92. The van der Waals surface area contributed by atoms with E-state index in [1.54, 1.807) is 0 Å². The number of nitrogens with one attached hydrogen (secondary N) is 1. The Bertz CT molecular complexity index is 887. The van der Waals surface area contributed by atoms with E-state index in [2.05, 4.69) is 9.46 Å². The van der Waals surface area contributed by atoms with Crippen molar-refractivity contribution in [2.75, 3.05) is 11.8 Å². The second-order valence-corrected chi connectivity index (χ2v) is 6.54. The number of nitrogens with zero attached hydrogens (tertiary/aromatic N) is 1. The summed E-state index contributed by atoms with van der Waals surface area (Å²) >= 11 is 5.86. The van der Waals surface area contributed by atoms with Gasteiger partial charge in [0, 0.05) is 5.02 Å². The molecule has 23 heavy (non-hydrogen) atoms. The second-order valence-electron chi connectivity index (χ2n) is 4.42. The van der Waals surface area contributed by atoms with Crippen LogP contribution in [0.15, 0.2) is 47.4 Å². The molecule has 0 saturated carbocycles. The van der Waals surface area contributed by atoms with Gasteiger partial charge in [0.05, 0.1) is 34.9 Å². The molecule has 6 nitrogen and oxygen atoms in total. The minimum atomic E-state index is -3.95. The Morgan fingerprint density at radius 3 is 2.43 bits per heavy atom. The van der Waals surface area contributed by atoms with Gasteiger partial charge in [0.15, 0.2) is 0 Å². The fraction of sp³-hybridized carbons (Fsp3) is 0.0667. The molecule has 0 aliphatic carbocycles. The third-order valence-corrected chi connectivity index (χ3v) is 4.54. The highest BCUT2D eigenvalue weighted by Crippen LogP contribution is 2.25. The van der Waals surface area contributed by atoms with E-state index in [-0.39, 0.29) is 21.2 Å². The summed E-state index contributed by atoms with van der Waals surface area (Å²) in [5.74, 6) is -0.695. The van der Waals surface area contributed by atoms with Gasteiger partial charge >= 0.3 is 5.97 Å². The van der Waals surface area contributed by atoms with Crippen molar-refractivity contribution in [2.24, 2.45) is 0 Å². The fourth-order valence-electron chi connectivity index (χ4n) is 1.80. The van der Waals surface area contributed by atoms with Crippen LogP contribution in [0.1, 0.15) is 15.9 Å². The standard InChI is InChI=1S/C15H11ClN2O4S/c1-22-15(19)13-7-4-11(16)8-14(13)18-23(20,21)12-5-2-10(9-17)3-6-12/h2-8,18H,1H3. The van der Waals surface area contributed by atoms with Gasteiger partial charge in [0.25, 0.3) is 10.0 Å². The van der Waals surface area contributed by atoms with Gasteiger partial charge in [-0.3, -0.25) is 4.72 Å². The quantitative estimate of drug-likeness (QED) is 0.855. The highest BCUT2D eigenvalue weighted by atomic mass is 35.5. The van der Waals surface area contributed by atoms with Crippen molar-refractivity contribution in [1.82, 2.24) is 0 Å². The number of carbonyl (C=O) groups is 1. The van der Waals surface area contributed by atoms with E-state index in [0.717, 1.165) is 0 Å². The maximum absolute atomic E-state index is 12.4. The average Bonchev–Trinajstić information content (AvgIpc) is 2.54. The molecule has 0 aromatic heterocycles. The molecule has 2 aromatic carbocycles. The van der Waals surface area contributed by atoms with Gasteiger partial charge in [-0.25, -0.2) is 13.2 Å². The summed E-state index contributed by atoms with van der Waals surface area (Å²) in [5.41, 5.74) is 0.379. The Labute approximate surface area is 138 Å². The molecule has 0 unspecified atom stereocenters. The molecular weight excluding hydrogens is 340 g/mol. The van der Waals surface area contributed by atoms with E-state index < -0.39 is 16.0 Å². The molecule has 2 rings (SSSR count). The topological polar surface area (TPSA) is 96.3 Å². The number of sulfonamides is 1. The van der Waals surface area contributed by atoms with E-state index in [4.69, 9.17) is 16.9 Å². The predicted molar refractivity (Wildman–Crippen MR) is 84.8 cm³/mol. The summed E-state index contributed by atoms with van der Waals surface area (Å²) in [6.07, 6.45) is 0. The molecule has 0 fully saturated rings. The Kier molecular flexibility index (Phi) is 4.89. The molecule has 1 N–H and O–H groups in total. The predicted octanol–water partition coefficient (Wildman–Crippen LogP) is 2.80. The molecule has 0 amide bonds. The highest BCUT2D eigenvalue weighted by Gasteiger charge is 2.19. The Hall–Kier alpha value is -2.56. The zero-order valence-corrected chi connectivity index (χ0v) is 13.5. The highest BCUT2D eigenvalue weighted by molar-refractivity contribution is 7.92. The fourth-order valence-corrected chi connectivity index (χ4v) is 3.04. The molecule has 8 heteroatoms. The van der Waals surface area contributed by atoms with Crippen LogP contribution in [0.2, 0.25) is 5.02 Å². The molecule has 0 heterocycles. The SMILES string of the molecule is COC(=O)c1ccc(Cl)cc1NS(=O)(=O)c1ccc(C#N)cc1. The number of hydrogen-bond acceptors (Lipinski definition) is 5. The molecule has 2 aromatic rings. The van der Waals surface area contributed by atoms with E-state index in [9.17, 15) is 13.2 Å². The average molecular weight is 351 g/mol. The molecule has 0 radical (unpaired) electrons. The van der Waals surface area contributed by atoms with Crippen LogP contribution in [0, 0.1) is 11.3 Å². The zero-order valence-electron chi connectivity index (χ0n) is 11.9. The third kappa shape index (κ3) is 3.80. The molecular formula is C15H11ClN2O4S. The van der Waals surface area contributed by atoms with Gasteiger partial charge in [-0.05, 0) is 42.5 Å². The smallest absolute Gasteiger partial charge is 0.339 e. The van der Waals surface area contributed by atoms with Gasteiger partial charge in [-0.2, -0.15) is 5.26 Å². The van der Waals surface area contributed by atoms with Crippen molar-refractivity contribution in [3.63, 3.8) is 0 Å². The van der Waals surface area contributed by atoms with Crippen LogP contribution in [0.5, 0.6) is 0 Å². The van der Waals surface area contributed by atoms with Crippen LogP contribution in [0.25, 0.3) is 0 Å². The maximum atomic E-state index is 12.4. The summed E-state index contributed by atoms with van der Waals surface area (Å²) in [6.45, 7) is 0. The summed E-state index contributed by atoms with van der Waals surface area (Å²) in [7, 11) is -2.75. The summed E-state index contributed by atoms with van der Waals surface area (Å²) in [6, 6.07) is 11.4. The maximum Gasteiger partial charge on any atom is 0.339 e. The number of rotatable bonds is 4. The van der Waals surface area contributed by atoms with E-state index in [1.807, 2.05) is 6.07 Å². The van der Waals surface area contributed by atoms with Gasteiger partial charge in [-0.1, -0.05) is 11.6 Å². The molecule has 0 aliphatic rings. The number of carbonyl (C=O) groups excluding carboxylic acids is 1. The van der Waals surface area contributed by atoms with Gasteiger partial charge in [0.2, 0.25) is 0 Å². The van der Waals surface area contributed by atoms with Crippen LogP contribution >= 0.6 is 11.6 Å². The monoisotopic (exact) mass is 350 g/mol. The minimum absolute atomic E-state index is 0.00806. The molecule has 0 saturated heterocycles. The normalized spacial score (nSPS) is 10.7. The molecule has 0 aliphatic heterocycles. The number of anilines is 1. The van der Waals surface area contributed by atoms with Crippen LogP contribution < -0.4 is 4.72 Å². The number of halogens is 1. The lowest BCUT2D eigenvalue weighted by Crippen LogP contribution is -2.16. The Balaban J connectivity index is 2.42. The van der Waals surface area contributed by atoms with Crippen molar-refractivity contribution in [1.29, 1.82) is 5.26 Å².